The van der Waals surface area contributed by atoms with E-state index >= 15 is 0 Å². The molecular weight excluding hydrogens is 370 g/mol. The molecule has 1 saturated heterocycles. The highest BCUT2D eigenvalue weighted by Gasteiger charge is 2.68. The molecule has 0 radical (unpaired) electrons. The molecule has 1 aliphatic heterocycles. The fourth-order valence-electron chi connectivity index (χ4n) is 6.22. The van der Waals surface area contributed by atoms with Crippen molar-refractivity contribution in [1.29, 1.82) is 0 Å². The van der Waals surface area contributed by atoms with Crippen molar-refractivity contribution in [3.05, 3.63) is 100 Å². The lowest BCUT2D eigenvalue weighted by atomic mass is 9.48. The molecule has 1 fully saturated rings. The maximum atomic E-state index is 14.0. The average molecular weight is 393 g/mol. The van der Waals surface area contributed by atoms with Crippen LogP contribution >= 0.6 is 0 Å². The van der Waals surface area contributed by atoms with Gasteiger partial charge < -0.3 is 0 Å². The minimum absolute atomic E-state index is 0.0650. The Morgan fingerprint density at radius 3 is 1.90 bits per heavy atom. The first kappa shape index (κ1) is 17.6. The number of imide groups is 1. The normalized spacial score (nSPS) is 28.4. The number of hydrogen-bond donors (Lipinski definition) is 0. The molecule has 2 amide bonds. The molecule has 3 nitrogen and oxygen atoms in total. The molecule has 0 saturated carbocycles. The predicted molar refractivity (Wildman–Crippen MR) is 117 cm³/mol. The molecule has 3 aliphatic carbocycles. The number of anilines is 1. The standard InChI is InChI=1S/C27H23NO2/c1-15-12-13-17(14-16(15)2)28-25(29)24-22-18-8-4-6-10-20(18)23(27(24,3)26(28)30)21-11-7-5-9-19(21)22/h4-14,22-24H,1-3H3/t22?,23?,24-,27+/m0/s1. The second-order valence-electron chi connectivity index (χ2n) is 9.18. The van der Waals surface area contributed by atoms with Crippen molar-refractivity contribution >= 4 is 17.5 Å². The van der Waals surface area contributed by atoms with Gasteiger partial charge in [0.1, 0.15) is 0 Å². The van der Waals surface area contributed by atoms with Crippen molar-refractivity contribution < 1.29 is 9.59 Å². The molecular formula is C27H23NO2. The summed E-state index contributed by atoms with van der Waals surface area (Å²) in [6.45, 7) is 6.08. The monoisotopic (exact) mass is 393 g/mol. The van der Waals surface area contributed by atoms with Crippen molar-refractivity contribution in [2.75, 3.05) is 4.90 Å². The fourth-order valence-corrected chi connectivity index (χ4v) is 6.22. The Bertz CT molecular complexity index is 1210. The number of carbonyl (C=O) groups is 2. The average Bonchev–Trinajstić information content (AvgIpc) is 2.96. The summed E-state index contributed by atoms with van der Waals surface area (Å²) in [7, 11) is 0. The summed E-state index contributed by atoms with van der Waals surface area (Å²) in [5, 5.41) is 0. The van der Waals surface area contributed by atoms with Crippen LogP contribution in [0.4, 0.5) is 5.69 Å². The van der Waals surface area contributed by atoms with Crippen molar-refractivity contribution in [3.8, 4) is 0 Å². The molecule has 0 unspecified atom stereocenters. The maximum absolute atomic E-state index is 14.0. The summed E-state index contributed by atoms with van der Waals surface area (Å²) in [6, 6.07) is 22.6. The van der Waals surface area contributed by atoms with E-state index in [2.05, 4.69) is 24.3 Å². The lowest BCUT2D eigenvalue weighted by Gasteiger charge is -2.51. The van der Waals surface area contributed by atoms with Gasteiger partial charge in [-0.15, -0.1) is 0 Å². The number of aryl methyl sites for hydroxylation is 2. The molecule has 1 heterocycles. The van der Waals surface area contributed by atoms with E-state index in [1.165, 1.54) is 27.2 Å². The first-order chi connectivity index (χ1) is 14.4. The van der Waals surface area contributed by atoms with Gasteiger partial charge in [0.05, 0.1) is 17.0 Å². The second-order valence-corrected chi connectivity index (χ2v) is 9.18. The van der Waals surface area contributed by atoms with E-state index in [9.17, 15) is 9.59 Å². The Morgan fingerprint density at radius 2 is 1.33 bits per heavy atom. The number of hydrogen-bond acceptors (Lipinski definition) is 2. The Hall–Kier alpha value is -3.20. The zero-order chi connectivity index (χ0) is 20.8. The molecule has 0 aromatic heterocycles. The number of rotatable bonds is 1. The molecule has 3 aromatic rings. The summed E-state index contributed by atoms with van der Waals surface area (Å²) in [5.41, 5.74) is 6.95. The van der Waals surface area contributed by atoms with Crippen LogP contribution in [0.2, 0.25) is 0 Å². The molecule has 3 heteroatoms. The van der Waals surface area contributed by atoms with Crippen molar-refractivity contribution in [2.24, 2.45) is 11.3 Å². The first-order valence-corrected chi connectivity index (χ1v) is 10.6. The van der Waals surface area contributed by atoms with Gasteiger partial charge in [-0.05, 0) is 66.3 Å². The number of benzene rings is 3. The number of amides is 2. The highest BCUT2D eigenvalue weighted by Crippen LogP contribution is 2.67. The van der Waals surface area contributed by atoms with Crippen LogP contribution in [0.15, 0.2) is 66.7 Å². The van der Waals surface area contributed by atoms with Gasteiger partial charge in [0.15, 0.2) is 0 Å². The zero-order valence-corrected chi connectivity index (χ0v) is 17.3. The lowest BCUT2D eigenvalue weighted by molar-refractivity contribution is -0.128. The zero-order valence-electron chi connectivity index (χ0n) is 17.3. The van der Waals surface area contributed by atoms with Gasteiger partial charge in [0, 0.05) is 11.8 Å². The Balaban J connectivity index is 1.61. The Kier molecular flexibility index (Phi) is 3.35. The maximum Gasteiger partial charge on any atom is 0.241 e. The fraction of sp³-hybridized carbons (Fsp3) is 0.259. The van der Waals surface area contributed by atoms with Crippen LogP contribution in [-0.2, 0) is 9.59 Å². The smallest absolute Gasteiger partial charge is 0.241 e. The minimum atomic E-state index is -0.775. The summed E-state index contributed by atoms with van der Waals surface area (Å²) in [6.07, 6.45) is 0. The van der Waals surface area contributed by atoms with Gasteiger partial charge in [-0.1, -0.05) is 54.6 Å². The summed E-state index contributed by atoms with van der Waals surface area (Å²) in [5.74, 6) is -0.695. The Labute approximate surface area is 176 Å². The SMILES string of the molecule is Cc1ccc(N2C(=O)[C@@H]3C4c5ccccc5C(c5ccccc54)[C@@]3(C)C2=O)cc1C. The first-order valence-electron chi connectivity index (χ1n) is 10.6. The molecule has 2 atom stereocenters. The van der Waals surface area contributed by atoms with Gasteiger partial charge in [-0.25, -0.2) is 4.90 Å². The Morgan fingerprint density at radius 1 is 0.767 bits per heavy atom. The molecule has 30 heavy (non-hydrogen) atoms. The van der Waals surface area contributed by atoms with E-state index in [1.807, 2.05) is 63.2 Å². The van der Waals surface area contributed by atoms with Crippen LogP contribution in [0.5, 0.6) is 0 Å². The summed E-state index contributed by atoms with van der Waals surface area (Å²) < 4.78 is 0. The topological polar surface area (TPSA) is 37.4 Å². The van der Waals surface area contributed by atoms with Gasteiger partial charge in [-0.2, -0.15) is 0 Å². The third kappa shape index (κ3) is 1.91. The molecule has 148 valence electrons. The van der Waals surface area contributed by atoms with Crippen LogP contribution in [-0.4, -0.2) is 11.8 Å². The quantitative estimate of drug-likeness (QED) is 0.540. The van der Waals surface area contributed by atoms with Crippen LogP contribution in [0.1, 0.15) is 52.1 Å². The van der Waals surface area contributed by atoms with Gasteiger partial charge >= 0.3 is 0 Å². The third-order valence-corrected chi connectivity index (χ3v) is 7.76. The summed E-state index contributed by atoms with van der Waals surface area (Å²) in [4.78, 5) is 29.3. The van der Waals surface area contributed by atoms with Gasteiger partial charge in [0.25, 0.3) is 0 Å². The van der Waals surface area contributed by atoms with E-state index in [1.54, 1.807) is 0 Å². The van der Waals surface area contributed by atoms with E-state index in [0.29, 0.717) is 5.69 Å². The third-order valence-electron chi connectivity index (χ3n) is 7.76. The molecule has 3 aromatic carbocycles. The number of nitrogens with zero attached hydrogens (tertiary/aromatic N) is 1. The molecule has 0 spiro atoms. The lowest BCUT2D eigenvalue weighted by Crippen LogP contribution is -2.49. The molecule has 0 N–H and O–H groups in total. The second kappa shape index (κ2) is 5.69. The van der Waals surface area contributed by atoms with Crippen LogP contribution in [0.3, 0.4) is 0 Å². The van der Waals surface area contributed by atoms with Crippen molar-refractivity contribution in [3.63, 3.8) is 0 Å². The summed E-state index contributed by atoms with van der Waals surface area (Å²) >= 11 is 0. The molecule has 2 bridgehead atoms. The minimum Gasteiger partial charge on any atom is -0.274 e. The largest absolute Gasteiger partial charge is 0.274 e. The van der Waals surface area contributed by atoms with E-state index in [4.69, 9.17) is 0 Å². The highest BCUT2D eigenvalue weighted by molar-refractivity contribution is 6.25. The van der Waals surface area contributed by atoms with Gasteiger partial charge in [-0.3, -0.25) is 9.59 Å². The van der Waals surface area contributed by atoms with Crippen LogP contribution in [0, 0.1) is 25.2 Å². The highest BCUT2D eigenvalue weighted by atomic mass is 16.2. The van der Waals surface area contributed by atoms with Gasteiger partial charge in [0.2, 0.25) is 11.8 Å². The van der Waals surface area contributed by atoms with Crippen molar-refractivity contribution in [2.45, 2.75) is 32.6 Å². The van der Waals surface area contributed by atoms with E-state index in [-0.39, 0.29) is 29.6 Å². The number of carbonyl (C=O) groups excluding carboxylic acids is 2. The molecule has 4 aliphatic rings. The molecule has 7 rings (SSSR count). The van der Waals surface area contributed by atoms with Crippen molar-refractivity contribution in [1.82, 2.24) is 0 Å². The van der Waals surface area contributed by atoms with E-state index < -0.39 is 5.41 Å². The van der Waals surface area contributed by atoms with Crippen LogP contribution < -0.4 is 4.90 Å². The van der Waals surface area contributed by atoms with Crippen LogP contribution in [0.25, 0.3) is 0 Å². The predicted octanol–water partition coefficient (Wildman–Crippen LogP) is 5.09. The van der Waals surface area contributed by atoms with E-state index in [0.717, 1.165) is 11.1 Å².